The summed E-state index contributed by atoms with van der Waals surface area (Å²) in [5.41, 5.74) is 6.06. The minimum atomic E-state index is -3.74. The lowest BCUT2D eigenvalue weighted by molar-refractivity contribution is 0.0955. The van der Waals surface area contributed by atoms with Gasteiger partial charge in [-0.2, -0.15) is 9.41 Å². The van der Waals surface area contributed by atoms with Gasteiger partial charge in [-0.1, -0.05) is 66.7 Å². The van der Waals surface area contributed by atoms with Crippen LogP contribution in [0.25, 0.3) is 0 Å². The molecule has 4 aromatic rings. The van der Waals surface area contributed by atoms with E-state index in [0.29, 0.717) is 11.3 Å². The van der Waals surface area contributed by atoms with E-state index in [2.05, 4.69) is 15.5 Å². The Balaban J connectivity index is 1.50. The van der Waals surface area contributed by atoms with E-state index in [1.807, 2.05) is 36.4 Å². The molecule has 0 spiro atoms. The van der Waals surface area contributed by atoms with Gasteiger partial charge in [0.2, 0.25) is 10.0 Å². The van der Waals surface area contributed by atoms with Gasteiger partial charge in [-0.15, -0.1) is 0 Å². The second-order valence-corrected chi connectivity index (χ2v) is 10.1. The number of hydrogen-bond acceptors (Lipinski definition) is 5. The van der Waals surface area contributed by atoms with Gasteiger partial charge in [0.1, 0.15) is 0 Å². The number of carbonyl (C=O) groups is 1. The van der Waals surface area contributed by atoms with Crippen molar-refractivity contribution in [3.8, 4) is 0 Å². The van der Waals surface area contributed by atoms with Gasteiger partial charge in [-0.3, -0.25) is 9.78 Å². The van der Waals surface area contributed by atoms with Crippen LogP contribution in [0.15, 0.2) is 119 Å². The second kappa shape index (κ2) is 11.5. The number of hydrazone groups is 1. The summed E-state index contributed by atoms with van der Waals surface area (Å²) in [4.78, 5) is 16.8. The van der Waals surface area contributed by atoms with Gasteiger partial charge in [0.05, 0.1) is 10.6 Å². The first kappa shape index (κ1) is 25.0. The first-order valence-corrected chi connectivity index (χ1v) is 12.8. The average molecular weight is 499 g/mol. The van der Waals surface area contributed by atoms with E-state index in [4.69, 9.17) is 0 Å². The third-order valence-electron chi connectivity index (χ3n) is 5.56. The molecule has 3 aromatic carbocycles. The van der Waals surface area contributed by atoms with Crippen molar-refractivity contribution in [2.75, 3.05) is 0 Å². The van der Waals surface area contributed by atoms with Crippen molar-refractivity contribution in [1.29, 1.82) is 0 Å². The zero-order valence-electron chi connectivity index (χ0n) is 19.8. The van der Waals surface area contributed by atoms with Crippen LogP contribution in [0.1, 0.15) is 34.0 Å². The van der Waals surface area contributed by atoms with Gasteiger partial charge in [-0.25, -0.2) is 13.8 Å². The molecule has 1 heterocycles. The van der Waals surface area contributed by atoms with Crippen LogP contribution in [0.2, 0.25) is 0 Å². The van der Waals surface area contributed by atoms with Crippen molar-refractivity contribution in [3.05, 3.63) is 132 Å². The molecule has 0 bridgehead atoms. The van der Waals surface area contributed by atoms with E-state index in [9.17, 15) is 13.2 Å². The molecule has 1 aromatic heterocycles. The molecule has 0 saturated heterocycles. The molecule has 1 amide bonds. The molecule has 8 heteroatoms. The summed E-state index contributed by atoms with van der Waals surface area (Å²) in [5, 5.41) is 4.14. The normalized spacial score (nSPS) is 11.9. The lowest BCUT2D eigenvalue weighted by atomic mass is 10.1. The number of benzene rings is 3. The van der Waals surface area contributed by atoms with E-state index in [1.54, 1.807) is 80.0 Å². The maximum Gasteiger partial charge on any atom is 0.271 e. The van der Waals surface area contributed by atoms with Gasteiger partial charge in [-0.05, 0) is 48.4 Å². The van der Waals surface area contributed by atoms with Crippen LogP contribution in [0, 0.1) is 0 Å². The maximum atomic E-state index is 13.4. The van der Waals surface area contributed by atoms with Gasteiger partial charge in [0.25, 0.3) is 5.91 Å². The number of carbonyl (C=O) groups excluding carboxylic acids is 1. The fourth-order valence-corrected chi connectivity index (χ4v) is 5.00. The molecular formula is C28H26N4O3S. The van der Waals surface area contributed by atoms with Gasteiger partial charge < -0.3 is 0 Å². The predicted octanol–water partition coefficient (Wildman–Crippen LogP) is 4.63. The van der Waals surface area contributed by atoms with E-state index < -0.39 is 10.0 Å². The largest absolute Gasteiger partial charge is 0.271 e. The summed E-state index contributed by atoms with van der Waals surface area (Å²) < 4.78 is 28.3. The van der Waals surface area contributed by atoms with Gasteiger partial charge in [0, 0.05) is 36.6 Å². The zero-order valence-corrected chi connectivity index (χ0v) is 20.6. The number of nitrogens with one attached hydrogen (secondary N) is 1. The van der Waals surface area contributed by atoms with Crippen LogP contribution in [-0.4, -0.2) is 29.3 Å². The highest BCUT2D eigenvalue weighted by atomic mass is 32.2. The Morgan fingerprint density at radius 3 is 2.03 bits per heavy atom. The number of pyridine rings is 1. The fraction of sp³-hybridized carbons (Fsp3) is 0.107. The molecule has 0 aliphatic heterocycles. The lowest BCUT2D eigenvalue weighted by Crippen LogP contribution is -2.30. The van der Waals surface area contributed by atoms with Crippen molar-refractivity contribution >= 4 is 21.6 Å². The molecule has 1 N–H and O–H groups in total. The third-order valence-corrected chi connectivity index (χ3v) is 7.37. The molecule has 0 aliphatic carbocycles. The minimum absolute atomic E-state index is 0.159. The third kappa shape index (κ3) is 6.29. The molecular weight excluding hydrogens is 472 g/mol. The van der Waals surface area contributed by atoms with Crippen molar-refractivity contribution < 1.29 is 13.2 Å². The lowest BCUT2D eigenvalue weighted by Gasteiger charge is -2.22. The Hall–Kier alpha value is -4.14. The molecule has 0 fully saturated rings. The zero-order chi connectivity index (χ0) is 25.4. The summed E-state index contributed by atoms with van der Waals surface area (Å²) >= 11 is 0. The number of amides is 1. The van der Waals surface area contributed by atoms with Crippen molar-refractivity contribution in [3.63, 3.8) is 0 Å². The summed E-state index contributed by atoms with van der Waals surface area (Å²) in [6.45, 7) is 2.17. The van der Waals surface area contributed by atoms with Gasteiger partial charge >= 0.3 is 0 Å². The maximum absolute atomic E-state index is 13.4. The summed E-state index contributed by atoms with van der Waals surface area (Å²) in [6.07, 6.45) is 3.34. The number of aromatic nitrogens is 1. The Morgan fingerprint density at radius 2 is 1.42 bits per heavy atom. The topological polar surface area (TPSA) is 91.7 Å². The standard InChI is InChI=1S/C28H26N4O3S/c1-22(26-11-8-18-29-19-26)30-31-28(33)25-16-14-24(15-17-25)21-32(20-23-9-4-2-5-10-23)36(34,35)27-12-6-3-7-13-27/h2-19H,20-21H2,1H3,(H,31,33)/b30-22+. The number of nitrogens with zero attached hydrogens (tertiary/aromatic N) is 3. The molecule has 0 radical (unpaired) electrons. The van der Waals surface area contributed by atoms with E-state index >= 15 is 0 Å². The molecule has 182 valence electrons. The minimum Gasteiger partial charge on any atom is -0.267 e. The SMILES string of the molecule is C/C(=N\NC(=O)c1ccc(CN(Cc2ccccc2)S(=O)(=O)c2ccccc2)cc1)c1cccnc1. The molecule has 0 aliphatic rings. The van der Waals surface area contributed by atoms with Crippen LogP contribution in [0.4, 0.5) is 0 Å². The summed E-state index contributed by atoms with van der Waals surface area (Å²) in [7, 11) is -3.74. The number of sulfonamides is 1. The Morgan fingerprint density at radius 1 is 0.806 bits per heavy atom. The van der Waals surface area contributed by atoms with E-state index in [-0.39, 0.29) is 23.9 Å². The number of rotatable bonds is 9. The van der Waals surface area contributed by atoms with E-state index in [0.717, 1.165) is 16.7 Å². The van der Waals surface area contributed by atoms with Crippen molar-refractivity contribution in [2.24, 2.45) is 5.10 Å². The smallest absolute Gasteiger partial charge is 0.267 e. The first-order chi connectivity index (χ1) is 17.4. The van der Waals surface area contributed by atoms with Crippen LogP contribution in [0.3, 0.4) is 0 Å². The van der Waals surface area contributed by atoms with Crippen molar-refractivity contribution in [1.82, 2.24) is 14.7 Å². The van der Waals surface area contributed by atoms with Crippen LogP contribution in [-0.2, 0) is 23.1 Å². The van der Waals surface area contributed by atoms with Crippen molar-refractivity contribution in [2.45, 2.75) is 24.9 Å². The Bertz CT molecular complexity index is 1420. The molecule has 0 unspecified atom stereocenters. The summed E-state index contributed by atoms with van der Waals surface area (Å²) in [5.74, 6) is -0.358. The highest BCUT2D eigenvalue weighted by Crippen LogP contribution is 2.21. The molecule has 0 atom stereocenters. The molecule has 4 rings (SSSR count). The average Bonchev–Trinajstić information content (AvgIpc) is 2.93. The van der Waals surface area contributed by atoms with E-state index in [1.165, 1.54) is 4.31 Å². The fourth-order valence-electron chi connectivity index (χ4n) is 3.56. The molecule has 0 saturated carbocycles. The monoisotopic (exact) mass is 498 g/mol. The molecule has 36 heavy (non-hydrogen) atoms. The van der Waals surface area contributed by atoms with Crippen LogP contribution < -0.4 is 5.43 Å². The quantitative estimate of drug-likeness (QED) is 0.269. The Labute approximate surface area is 211 Å². The summed E-state index contributed by atoms with van der Waals surface area (Å²) in [6, 6.07) is 28.3. The number of hydrogen-bond donors (Lipinski definition) is 1. The predicted molar refractivity (Wildman–Crippen MR) is 140 cm³/mol. The van der Waals surface area contributed by atoms with Crippen LogP contribution >= 0.6 is 0 Å². The molecule has 7 nitrogen and oxygen atoms in total. The second-order valence-electron chi connectivity index (χ2n) is 8.15. The van der Waals surface area contributed by atoms with Gasteiger partial charge in [0.15, 0.2) is 0 Å². The highest BCUT2D eigenvalue weighted by molar-refractivity contribution is 7.89. The highest BCUT2D eigenvalue weighted by Gasteiger charge is 2.25. The Kier molecular flexibility index (Phi) is 7.99. The van der Waals surface area contributed by atoms with Crippen LogP contribution in [0.5, 0.6) is 0 Å². The first-order valence-electron chi connectivity index (χ1n) is 11.4.